The number of nitrogens with one attached hydrogen (secondary N) is 1. The molecule has 0 unspecified atom stereocenters. The van der Waals surface area contributed by atoms with Gasteiger partial charge in [-0.3, -0.25) is 4.79 Å². The van der Waals surface area contributed by atoms with Gasteiger partial charge in [0.25, 0.3) is 5.91 Å². The fourth-order valence-electron chi connectivity index (χ4n) is 2.47. The van der Waals surface area contributed by atoms with E-state index < -0.39 is 5.97 Å². The lowest BCUT2D eigenvalue weighted by Gasteiger charge is -2.06. The van der Waals surface area contributed by atoms with Crippen LogP contribution in [0, 0.1) is 6.92 Å². The van der Waals surface area contributed by atoms with Gasteiger partial charge in [0.15, 0.2) is 5.76 Å². The Hall–Kier alpha value is -3.25. The van der Waals surface area contributed by atoms with Gasteiger partial charge in [-0.15, -0.1) is 0 Å². The van der Waals surface area contributed by atoms with Crippen molar-refractivity contribution < 1.29 is 23.8 Å². The molecule has 7 heteroatoms. The minimum atomic E-state index is -0.991. The van der Waals surface area contributed by atoms with Gasteiger partial charge in [0.1, 0.15) is 18.1 Å². The molecule has 0 aliphatic heterocycles. The molecule has 0 saturated heterocycles. The molecule has 0 aliphatic rings. The maximum atomic E-state index is 12.2. The fourth-order valence-corrected chi connectivity index (χ4v) is 2.59. The first kappa shape index (κ1) is 19.5. The molecule has 0 fully saturated rings. The van der Waals surface area contributed by atoms with E-state index >= 15 is 0 Å². The zero-order valence-electron chi connectivity index (χ0n) is 15.1. The number of carboxylic acid groups (broad SMARTS) is 1. The number of rotatable bonds is 7. The van der Waals surface area contributed by atoms with E-state index in [-0.39, 0.29) is 30.4 Å². The molecule has 1 amide bonds. The molecular formula is C21H18ClNO5. The summed E-state index contributed by atoms with van der Waals surface area (Å²) >= 11 is 5.99. The first-order valence-corrected chi connectivity index (χ1v) is 8.88. The number of hydrogen-bond donors (Lipinski definition) is 2. The summed E-state index contributed by atoms with van der Waals surface area (Å²) in [6.45, 7) is 2.33. The van der Waals surface area contributed by atoms with Crippen molar-refractivity contribution in [1.29, 1.82) is 0 Å². The Labute approximate surface area is 166 Å². The number of carbonyl (C=O) groups excluding carboxylic acids is 1. The predicted molar refractivity (Wildman–Crippen MR) is 104 cm³/mol. The molecular weight excluding hydrogens is 382 g/mol. The van der Waals surface area contributed by atoms with E-state index in [0.717, 1.165) is 11.1 Å². The third-order valence-electron chi connectivity index (χ3n) is 4.05. The summed E-state index contributed by atoms with van der Waals surface area (Å²) in [7, 11) is 0. The van der Waals surface area contributed by atoms with Crippen molar-refractivity contribution in [2.45, 2.75) is 20.1 Å². The topological polar surface area (TPSA) is 88.8 Å². The zero-order valence-corrected chi connectivity index (χ0v) is 15.8. The first-order valence-electron chi connectivity index (χ1n) is 8.50. The molecule has 0 aliphatic carbocycles. The number of ether oxygens (including phenoxy) is 1. The highest BCUT2D eigenvalue weighted by atomic mass is 35.5. The zero-order chi connectivity index (χ0) is 20.1. The summed E-state index contributed by atoms with van der Waals surface area (Å²) in [5, 5.41) is 12.3. The minimum Gasteiger partial charge on any atom is -0.486 e. The van der Waals surface area contributed by atoms with Gasteiger partial charge in [0.05, 0.1) is 5.56 Å². The second kappa shape index (κ2) is 8.63. The molecule has 144 valence electrons. The summed E-state index contributed by atoms with van der Waals surface area (Å²) in [6.07, 6.45) is 0. The number of furan rings is 1. The van der Waals surface area contributed by atoms with Crippen LogP contribution in [0.25, 0.3) is 0 Å². The largest absolute Gasteiger partial charge is 0.486 e. The van der Waals surface area contributed by atoms with Gasteiger partial charge in [-0.2, -0.15) is 0 Å². The third kappa shape index (κ3) is 4.92. The van der Waals surface area contributed by atoms with E-state index in [4.69, 9.17) is 25.9 Å². The van der Waals surface area contributed by atoms with Gasteiger partial charge < -0.3 is 19.6 Å². The summed E-state index contributed by atoms with van der Waals surface area (Å²) in [5.74, 6) is -0.00343. The molecule has 1 heterocycles. The minimum absolute atomic E-state index is 0.174. The lowest BCUT2D eigenvalue weighted by Crippen LogP contribution is -2.22. The number of hydrogen-bond acceptors (Lipinski definition) is 4. The molecule has 1 aromatic heterocycles. The molecule has 28 heavy (non-hydrogen) atoms. The highest BCUT2D eigenvalue weighted by molar-refractivity contribution is 6.31. The monoisotopic (exact) mass is 399 g/mol. The number of carbonyl (C=O) groups is 2. The molecule has 0 radical (unpaired) electrons. The van der Waals surface area contributed by atoms with Crippen LogP contribution in [0.3, 0.4) is 0 Å². The number of amides is 1. The van der Waals surface area contributed by atoms with E-state index in [1.165, 1.54) is 12.1 Å². The predicted octanol–water partition coefficient (Wildman–Crippen LogP) is 4.45. The maximum absolute atomic E-state index is 12.2. The first-order chi connectivity index (χ1) is 13.4. The lowest BCUT2D eigenvalue weighted by molar-refractivity contribution is 0.0696. The van der Waals surface area contributed by atoms with Crippen LogP contribution in [0.5, 0.6) is 5.75 Å². The molecule has 2 N–H and O–H groups in total. The molecule has 3 aromatic rings. The van der Waals surface area contributed by atoms with E-state index in [0.29, 0.717) is 16.5 Å². The SMILES string of the molecule is Cc1cc(OCc2ccc(C(=O)NCc3ccc(C(=O)O)cc3)o2)ccc1Cl. The van der Waals surface area contributed by atoms with E-state index in [2.05, 4.69) is 5.32 Å². The highest BCUT2D eigenvalue weighted by Gasteiger charge is 2.12. The Morgan fingerprint density at radius 1 is 1.11 bits per heavy atom. The maximum Gasteiger partial charge on any atom is 0.335 e. The quantitative estimate of drug-likeness (QED) is 0.612. The van der Waals surface area contributed by atoms with Crippen LogP contribution in [0.4, 0.5) is 0 Å². The Kier molecular flexibility index (Phi) is 6.01. The van der Waals surface area contributed by atoms with E-state index in [1.54, 1.807) is 36.4 Å². The van der Waals surface area contributed by atoms with Gasteiger partial charge in [-0.25, -0.2) is 4.79 Å². The molecule has 3 rings (SSSR count). The standard InChI is InChI=1S/C21H18ClNO5/c1-13-10-16(6-8-18(13)22)27-12-17-7-9-19(28-17)20(24)23-11-14-2-4-15(5-3-14)21(25)26/h2-10H,11-12H2,1H3,(H,23,24)(H,25,26). The van der Waals surface area contributed by atoms with Crippen molar-refractivity contribution in [2.24, 2.45) is 0 Å². The molecule has 0 bridgehead atoms. The van der Waals surface area contributed by atoms with Crippen molar-refractivity contribution in [3.8, 4) is 5.75 Å². The molecule has 6 nitrogen and oxygen atoms in total. The normalized spacial score (nSPS) is 10.5. The van der Waals surface area contributed by atoms with Crippen LogP contribution in [0.15, 0.2) is 59.0 Å². The van der Waals surface area contributed by atoms with Crippen molar-refractivity contribution >= 4 is 23.5 Å². The van der Waals surface area contributed by atoms with Gasteiger partial charge in [-0.05, 0) is 60.5 Å². The summed E-state index contributed by atoms with van der Waals surface area (Å²) in [6, 6.07) is 14.9. The Morgan fingerprint density at radius 3 is 2.54 bits per heavy atom. The molecule has 0 saturated carbocycles. The van der Waals surface area contributed by atoms with Crippen LogP contribution in [0.1, 0.15) is 37.8 Å². The van der Waals surface area contributed by atoms with Crippen molar-refractivity contribution in [3.63, 3.8) is 0 Å². The van der Waals surface area contributed by atoms with Crippen LogP contribution < -0.4 is 10.1 Å². The smallest absolute Gasteiger partial charge is 0.335 e. The van der Waals surface area contributed by atoms with E-state index in [9.17, 15) is 9.59 Å². The molecule has 2 aromatic carbocycles. The average Bonchev–Trinajstić information content (AvgIpc) is 3.16. The number of carboxylic acids is 1. The van der Waals surface area contributed by atoms with Gasteiger partial charge in [0, 0.05) is 11.6 Å². The van der Waals surface area contributed by atoms with Crippen LogP contribution in [-0.4, -0.2) is 17.0 Å². The van der Waals surface area contributed by atoms with Crippen LogP contribution in [0.2, 0.25) is 5.02 Å². The van der Waals surface area contributed by atoms with Gasteiger partial charge in [0.2, 0.25) is 0 Å². The van der Waals surface area contributed by atoms with Crippen molar-refractivity contribution in [1.82, 2.24) is 5.32 Å². The number of halogens is 1. The Bertz CT molecular complexity index is 994. The number of aromatic carboxylic acids is 1. The van der Waals surface area contributed by atoms with Crippen LogP contribution in [-0.2, 0) is 13.2 Å². The second-order valence-corrected chi connectivity index (χ2v) is 6.56. The number of benzene rings is 2. The van der Waals surface area contributed by atoms with Crippen molar-refractivity contribution in [3.05, 3.63) is 87.8 Å². The summed E-state index contributed by atoms with van der Waals surface area (Å²) in [4.78, 5) is 23.1. The molecule has 0 spiro atoms. The van der Waals surface area contributed by atoms with Gasteiger partial charge >= 0.3 is 5.97 Å². The lowest BCUT2D eigenvalue weighted by atomic mass is 10.1. The molecule has 0 atom stereocenters. The fraction of sp³-hybridized carbons (Fsp3) is 0.143. The Balaban J connectivity index is 1.53. The Morgan fingerprint density at radius 2 is 1.86 bits per heavy atom. The average molecular weight is 400 g/mol. The summed E-state index contributed by atoms with van der Waals surface area (Å²) in [5.41, 5.74) is 1.89. The summed E-state index contributed by atoms with van der Waals surface area (Å²) < 4.78 is 11.2. The number of aryl methyl sites for hydroxylation is 1. The highest BCUT2D eigenvalue weighted by Crippen LogP contribution is 2.22. The van der Waals surface area contributed by atoms with E-state index in [1.807, 2.05) is 13.0 Å². The van der Waals surface area contributed by atoms with Crippen molar-refractivity contribution in [2.75, 3.05) is 0 Å². The second-order valence-electron chi connectivity index (χ2n) is 6.15. The van der Waals surface area contributed by atoms with Gasteiger partial charge in [-0.1, -0.05) is 23.7 Å². The third-order valence-corrected chi connectivity index (χ3v) is 4.47. The van der Waals surface area contributed by atoms with Crippen LogP contribution >= 0.6 is 11.6 Å².